The Balaban J connectivity index is 4.36. The quantitative estimate of drug-likeness (QED) is 0.0261. The number of rotatable bonds is 63. The number of hydrogen-bond acceptors (Lipinski definition) is 6. The molecular weight excluding hydrogens is 973 g/mol. The Morgan fingerprint density at radius 3 is 0.785 bits per heavy atom. The highest BCUT2D eigenvalue weighted by atomic mass is 16.6. The monoisotopic (exact) mass is 1100 g/mol. The van der Waals surface area contributed by atoms with Gasteiger partial charge in [-0.2, -0.15) is 0 Å². The molecule has 1 atom stereocenters. The molecule has 0 aromatic rings. The predicted molar refractivity (Wildman–Crippen MR) is 344 cm³/mol. The third-order valence-corrected chi connectivity index (χ3v) is 15.2. The maximum absolute atomic E-state index is 13.0. The van der Waals surface area contributed by atoms with E-state index < -0.39 is 6.10 Å². The van der Waals surface area contributed by atoms with Crippen LogP contribution in [-0.2, 0) is 28.6 Å². The Labute approximate surface area is 491 Å². The van der Waals surface area contributed by atoms with Crippen molar-refractivity contribution in [2.75, 3.05) is 13.2 Å². The van der Waals surface area contributed by atoms with Gasteiger partial charge in [-0.1, -0.05) is 318 Å². The molecule has 0 bridgehead atoms. The van der Waals surface area contributed by atoms with Gasteiger partial charge in [-0.25, -0.2) is 0 Å². The highest BCUT2D eigenvalue weighted by Gasteiger charge is 2.19. The number of unbranched alkanes of at least 4 members (excludes halogenated alkanes) is 40. The van der Waals surface area contributed by atoms with Crippen LogP contribution in [0.1, 0.15) is 355 Å². The van der Waals surface area contributed by atoms with Gasteiger partial charge in [0.25, 0.3) is 0 Å². The van der Waals surface area contributed by atoms with Crippen molar-refractivity contribution >= 4 is 17.9 Å². The molecule has 0 aliphatic carbocycles. The Morgan fingerprint density at radius 1 is 0.266 bits per heavy atom. The summed E-state index contributed by atoms with van der Waals surface area (Å²) in [6.07, 6.45) is 87.7. The first kappa shape index (κ1) is 75.8. The molecule has 6 nitrogen and oxygen atoms in total. The Bertz CT molecular complexity index is 1450. The third kappa shape index (κ3) is 65.5. The lowest BCUT2D eigenvalue weighted by molar-refractivity contribution is -0.167. The molecule has 1 unspecified atom stereocenters. The van der Waals surface area contributed by atoms with Crippen LogP contribution in [0.4, 0.5) is 0 Å². The van der Waals surface area contributed by atoms with Crippen LogP contribution in [-0.4, -0.2) is 37.2 Å². The van der Waals surface area contributed by atoms with Crippen molar-refractivity contribution < 1.29 is 28.6 Å². The number of carbonyl (C=O) groups excluding carboxylic acids is 3. The molecule has 0 spiro atoms. The van der Waals surface area contributed by atoms with Gasteiger partial charge in [-0.05, 0) is 89.9 Å². The van der Waals surface area contributed by atoms with Crippen LogP contribution in [0.5, 0.6) is 0 Å². The summed E-state index contributed by atoms with van der Waals surface area (Å²) >= 11 is 0. The minimum atomic E-state index is -0.782. The molecule has 0 aromatic heterocycles. The zero-order chi connectivity index (χ0) is 57.1. The van der Waals surface area contributed by atoms with Gasteiger partial charge in [-0.3, -0.25) is 14.4 Å². The van der Waals surface area contributed by atoms with Crippen LogP contribution in [0.15, 0.2) is 72.9 Å². The van der Waals surface area contributed by atoms with E-state index in [0.29, 0.717) is 19.3 Å². The fourth-order valence-electron chi connectivity index (χ4n) is 10.1. The zero-order valence-corrected chi connectivity index (χ0v) is 52.6. The molecule has 0 heterocycles. The summed E-state index contributed by atoms with van der Waals surface area (Å²) in [5.74, 6) is -0.871. The molecule has 0 radical (unpaired) electrons. The lowest BCUT2D eigenvalue weighted by Gasteiger charge is -2.18. The van der Waals surface area contributed by atoms with Gasteiger partial charge in [0.1, 0.15) is 13.2 Å². The van der Waals surface area contributed by atoms with E-state index in [1.165, 1.54) is 218 Å². The van der Waals surface area contributed by atoms with Gasteiger partial charge in [0, 0.05) is 19.3 Å². The molecule has 0 amide bonds. The lowest BCUT2D eigenvalue weighted by atomic mass is 10.0. The molecule has 0 saturated carbocycles. The first-order valence-electron chi connectivity index (χ1n) is 34.4. The van der Waals surface area contributed by atoms with E-state index in [1.54, 1.807) is 0 Å². The molecule has 79 heavy (non-hydrogen) atoms. The summed E-state index contributed by atoms with van der Waals surface area (Å²) in [5, 5.41) is 0. The summed E-state index contributed by atoms with van der Waals surface area (Å²) in [5.41, 5.74) is 0. The second-order valence-corrected chi connectivity index (χ2v) is 23.1. The molecule has 6 heteroatoms. The smallest absolute Gasteiger partial charge is 0.306 e. The average molecular weight is 1100 g/mol. The molecule has 458 valence electrons. The lowest BCUT2D eigenvalue weighted by Crippen LogP contribution is -2.30. The molecule has 0 saturated heterocycles. The molecule has 0 fully saturated rings. The summed E-state index contributed by atoms with van der Waals surface area (Å²) in [4.78, 5) is 38.5. The molecule has 0 rings (SSSR count). The van der Waals surface area contributed by atoms with Crippen molar-refractivity contribution in [2.24, 2.45) is 0 Å². The van der Waals surface area contributed by atoms with Gasteiger partial charge < -0.3 is 14.2 Å². The van der Waals surface area contributed by atoms with Crippen LogP contribution in [0.2, 0.25) is 0 Å². The van der Waals surface area contributed by atoms with Crippen LogP contribution in [0.25, 0.3) is 0 Å². The maximum Gasteiger partial charge on any atom is 0.306 e. The zero-order valence-electron chi connectivity index (χ0n) is 52.6. The highest BCUT2D eigenvalue weighted by molar-refractivity contribution is 5.71. The first-order valence-corrected chi connectivity index (χ1v) is 34.4. The minimum Gasteiger partial charge on any atom is -0.462 e. The van der Waals surface area contributed by atoms with Crippen LogP contribution < -0.4 is 0 Å². The summed E-state index contributed by atoms with van der Waals surface area (Å²) in [7, 11) is 0. The summed E-state index contributed by atoms with van der Waals surface area (Å²) < 4.78 is 17.0. The normalized spacial score (nSPS) is 12.5. The Hall–Kier alpha value is -3.15. The summed E-state index contributed by atoms with van der Waals surface area (Å²) in [6.45, 7) is 6.57. The number of hydrogen-bond donors (Lipinski definition) is 0. The second kappa shape index (κ2) is 67.4. The SMILES string of the molecule is CC/C=C\C/C=C\C/C=C\C/C=C\C/C=C\CCCCCCCCCC(=O)OCC(COC(=O)CCCCCCCCC/C=C\CCCCCCCC)OC(=O)CCCCCCCCCCCCCCCCCCCCCCC. The third-order valence-electron chi connectivity index (χ3n) is 15.2. The van der Waals surface area contributed by atoms with E-state index in [0.717, 1.165) is 96.3 Å². The predicted octanol–water partition coefficient (Wildman–Crippen LogP) is 23.7. The molecule has 0 aromatic carbocycles. The molecular formula is C73H130O6. The highest BCUT2D eigenvalue weighted by Crippen LogP contribution is 2.18. The van der Waals surface area contributed by atoms with Crippen molar-refractivity contribution in [1.82, 2.24) is 0 Å². The Kier molecular flexibility index (Phi) is 64.7. The second-order valence-electron chi connectivity index (χ2n) is 23.1. The van der Waals surface area contributed by atoms with Gasteiger partial charge in [0.05, 0.1) is 0 Å². The maximum atomic E-state index is 13.0. The van der Waals surface area contributed by atoms with Crippen molar-refractivity contribution in [3.8, 4) is 0 Å². The van der Waals surface area contributed by atoms with Crippen molar-refractivity contribution in [3.63, 3.8) is 0 Å². The average Bonchev–Trinajstić information content (AvgIpc) is 3.45. The Morgan fingerprint density at radius 2 is 0.494 bits per heavy atom. The van der Waals surface area contributed by atoms with Crippen LogP contribution in [0.3, 0.4) is 0 Å². The molecule has 0 N–H and O–H groups in total. The van der Waals surface area contributed by atoms with Gasteiger partial charge in [-0.15, -0.1) is 0 Å². The number of allylic oxidation sites excluding steroid dienone is 12. The number of ether oxygens (including phenoxy) is 3. The molecule has 0 aliphatic heterocycles. The first-order chi connectivity index (χ1) is 39.0. The van der Waals surface area contributed by atoms with Crippen molar-refractivity contribution in [1.29, 1.82) is 0 Å². The van der Waals surface area contributed by atoms with E-state index >= 15 is 0 Å². The van der Waals surface area contributed by atoms with Gasteiger partial charge in [0.2, 0.25) is 0 Å². The van der Waals surface area contributed by atoms with Crippen molar-refractivity contribution in [3.05, 3.63) is 72.9 Å². The minimum absolute atomic E-state index is 0.0777. The number of carbonyl (C=O) groups is 3. The van der Waals surface area contributed by atoms with E-state index in [4.69, 9.17) is 14.2 Å². The van der Waals surface area contributed by atoms with Crippen LogP contribution in [0, 0.1) is 0 Å². The summed E-state index contributed by atoms with van der Waals surface area (Å²) in [6, 6.07) is 0. The van der Waals surface area contributed by atoms with E-state index in [9.17, 15) is 14.4 Å². The van der Waals surface area contributed by atoms with E-state index in [-0.39, 0.29) is 31.1 Å². The largest absolute Gasteiger partial charge is 0.462 e. The van der Waals surface area contributed by atoms with E-state index in [1.807, 2.05) is 0 Å². The standard InChI is InChI=1S/C73H130O6/c1-4-7-10-13-16-19-22-25-28-31-33-35-36-38-39-42-45-48-51-54-57-60-63-66-72(75)78-69-70(68-77-71(74)65-62-59-56-53-50-47-44-41-30-27-24-21-18-15-12-9-6-3)79-73(76)67-64-61-58-55-52-49-46-43-40-37-34-32-29-26-23-20-17-14-11-8-5-2/h7,10,16,19,25,27-28,30,33,35,38-39,70H,4-6,8-9,11-15,17-18,20-24,26,29,31-32,34,36-37,40-69H2,1-3H3/b10-7-,19-16-,28-25-,30-27-,35-33-,39-38-. The topological polar surface area (TPSA) is 78.9 Å². The number of esters is 3. The van der Waals surface area contributed by atoms with E-state index in [2.05, 4.69) is 93.7 Å². The fourth-order valence-corrected chi connectivity index (χ4v) is 10.1. The van der Waals surface area contributed by atoms with Crippen LogP contribution >= 0.6 is 0 Å². The van der Waals surface area contributed by atoms with Gasteiger partial charge >= 0.3 is 17.9 Å². The molecule has 0 aliphatic rings. The van der Waals surface area contributed by atoms with Gasteiger partial charge in [0.15, 0.2) is 6.10 Å². The van der Waals surface area contributed by atoms with Crippen molar-refractivity contribution in [2.45, 2.75) is 361 Å². The fraction of sp³-hybridized carbons (Fsp3) is 0.795.